The Morgan fingerprint density at radius 2 is 1.61 bits per heavy atom. The molecule has 0 bridgehead atoms. The molecule has 0 saturated heterocycles. The summed E-state index contributed by atoms with van der Waals surface area (Å²) in [5.74, 6) is -0.777. The quantitative estimate of drug-likeness (QED) is 0.520. The van der Waals surface area contributed by atoms with Gasteiger partial charge in [0.2, 0.25) is 11.8 Å². The molecule has 0 radical (unpaired) electrons. The van der Waals surface area contributed by atoms with E-state index in [0.717, 1.165) is 14.2 Å². The summed E-state index contributed by atoms with van der Waals surface area (Å²) in [5, 5.41) is 3.32. The molecule has 0 aliphatic carbocycles. The summed E-state index contributed by atoms with van der Waals surface area (Å²) in [4.78, 5) is 27.8. The van der Waals surface area contributed by atoms with E-state index in [1.54, 1.807) is 61.5 Å². The zero-order valence-corrected chi connectivity index (χ0v) is 20.9. The lowest BCUT2D eigenvalue weighted by atomic mass is 10.1. The summed E-state index contributed by atoms with van der Waals surface area (Å²) in [7, 11) is -1.15. The first kappa shape index (κ1) is 26.6. The van der Waals surface area contributed by atoms with Crippen LogP contribution in [0.2, 0.25) is 5.02 Å². The van der Waals surface area contributed by atoms with Crippen LogP contribution in [0.4, 0.5) is 5.69 Å². The molecule has 2 amide bonds. The minimum Gasteiger partial charge on any atom is -0.355 e. The zero-order valence-electron chi connectivity index (χ0n) is 19.4. The van der Waals surface area contributed by atoms with Crippen molar-refractivity contribution in [3.05, 3.63) is 65.2 Å². The van der Waals surface area contributed by atoms with Gasteiger partial charge in [-0.3, -0.25) is 9.59 Å². The topological polar surface area (TPSA) is 90.0 Å². The fourth-order valence-corrected chi connectivity index (χ4v) is 4.49. The van der Waals surface area contributed by atoms with E-state index in [1.165, 1.54) is 19.0 Å². The maximum absolute atomic E-state index is 13.6. The highest BCUT2D eigenvalue weighted by Gasteiger charge is 2.33. The highest BCUT2D eigenvalue weighted by Crippen LogP contribution is 2.21. The second-order valence-corrected chi connectivity index (χ2v) is 10.1. The number of anilines is 1. The molecule has 0 saturated carbocycles. The Morgan fingerprint density at radius 3 is 2.12 bits per heavy atom. The summed E-state index contributed by atoms with van der Waals surface area (Å²) in [6, 6.07) is 14.6. The van der Waals surface area contributed by atoms with Gasteiger partial charge in [-0.15, -0.1) is 0 Å². The van der Waals surface area contributed by atoms with Gasteiger partial charge in [0.05, 0.1) is 5.69 Å². The summed E-state index contributed by atoms with van der Waals surface area (Å²) in [6.45, 7) is 3.72. The van der Waals surface area contributed by atoms with Gasteiger partial charge in [-0.05, 0) is 43.2 Å². The van der Waals surface area contributed by atoms with Crippen LogP contribution in [0.15, 0.2) is 54.6 Å². The Bertz CT molecular complexity index is 1030. The van der Waals surface area contributed by atoms with Gasteiger partial charge in [0, 0.05) is 32.2 Å². The van der Waals surface area contributed by atoms with Gasteiger partial charge in [-0.1, -0.05) is 48.9 Å². The highest BCUT2D eigenvalue weighted by molar-refractivity contribution is 7.90. The Morgan fingerprint density at radius 1 is 1.00 bits per heavy atom. The summed E-state index contributed by atoms with van der Waals surface area (Å²) in [5.41, 5.74) is 1.13. The standard InChI is InChI=1S/C23H31ClN4O4S/c1-5-21(23(30)25-6-2)27(16-18-12-14-19(24)15-13-18)22(29)17-28(33(31,32)26(3)4)20-10-8-7-9-11-20/h7-15,21H,5-6,16-17H2,1-4H3,(H,25,30)/t21-/m1/s1. The van der Waals surface area contributed by atoms with Crippen LogP contribution < -0.4 is 9.62 Å². The number of hydrogen-bond acceptors (Lipinski definition) is 4. The number of amides is 2. The summed E-state index contributed by atoms with van der Waals surface area (Å²) >= 11 is 5.99. The molecule has 0 aliphatic heterocycles. The minimum atomic E-state index is -3.96. The van der Waals surface area contributed by atoms with Crippen molar-refractivity contribution in [3.8, 4) is 0 Å². The fraction of sp³-hybridized carbons (Fsp3) is 0.391. The van der Waals surface area contributed by atoms with E-state index in [2.05, 4.69) is 5.32 Å². The number of likely N-dealkylation sites (N-methyl/N-ethyl adjacent to an activating group) is 1. The first-order valence-corrected chi connectivity index (χ1v) is 12.5. The van der Waals surface area contributed by atoms with Gasteiger partial charge in [-0.2, -0.15) is 12.7 Å². The third-order valence-corrected chi connectivity index (χ3v) is 7.14. The molecular formula is C23H31ClN4O4S. The van der Waals surface area contributed by atoms with E-state index < -0.39 is 28.7 Å². The average molecular weight is 495 g/mol. The van der Waals surface area contributed by atoms with Gasteiger partial charge in [0.25, 0.3) is 0 Å². The largest absolute Gasteiger partial charge is 0.355 e. The van der Waals surface area contributed by atoms with Crippen molar-refractivity contribution in [2.24, 2.45) is 0 Å². The third-order valence-electron chi connectivity index (χ3n) is 5.07. The Labute approximate surface area is 201 Å². The molecule has 2 aromatic rings. The van der Waals surface area contributed by atoms with E-state index in [-0.39, 0.29) is 12.5 Å². The van der Waals surface area contributed by atoms with E-state index in [0.29, 0.717) is 23.7 Å². The molecule has 2 rings (SSSR count). The molecule has 0 heterocycles. The molecule has 0 aromatic heterocycles. The van der Waals surface area contributed by atoms with Gasteiger partial charge >= 0.3 is 10.2 Å². The Kier molecular flexibility index (Phi) is 9.70. The fourth-order valence-electron chi connectivity index (χ4n) is 3.31. The minimum absolute atomic E-state index is 0.135. The van der Waals surface area contributed by atoms with Crippen LogP contribution in [0.3, 0.4) is 0 Å². The molecule has 33 heavy (non-hydrogen) atoms. The van der Waals surface area contributed by atoms with Crippen molar-refractivity contribution in [2.45, 2.75) is 32.9 Å². The molecule has 0 spiro atoms. The molecule has 0 unspecified atom stereocenters. The van der Waals surface area contributed by atoms with Crippen LogP contribution >= 0.6 is 11.6 Å². The number of rotatable bonds is 11. The number of carbonyl (C=O) groups excluding carboxylic acids is 2. The summed E-state index contributed by atoms with van der Waals surface area (Å²) < 4.78 is 28.2. The third kappa shape index (κ3) is 6.93. The van der Waals surface area contributed by atoms with E-state index in [4.69, 9.17) is 11.6 Å². The van der Waals surface area contributed by atoms with Crippen LogP contribution in [0.5, 0.6) is 0 Å². The normalized spacial score (nSPS) is 12.3. The monoisotopic (exact) mass is 494 g/mol. The van der Waals surface area contributed by atoms with Crippen LogP contribution in [0.1, 0.15) is 25.8 Å². The predicted molar refractivity (Wildman–Crippen MR) is 131 cm³/mol. The molecule has 1 N–H and O–H groups in total. The van der Waals surface area contributed by atoms with Gasteiger partial charge in [0.15, 0.2) is 0 Å². The van der Waals surface area contributed by atoms with Crippen molar-refractivity contribution < 1.29 is 18.0 Å². The van der Waals surface area contributed by atoms with Crippen LogP contribution in [0.25, 0.3) is 0 Å². The predicted octanol–water partition coefficient (Wildman–Crippen LogP) is 2.90. The van der Waals surface area contributed by atoms with E-state index in [1.807, 2.05) is 6.92 Å². The van der Waals surface area contributed by atoms with E-state index >= 15 is 0 Å². The lowest BCUT2D eigenvalue weighted by molar-refractivity contribution is -0.140. The number of benzene rings is 2. The SMILES string of the molecule is CCNC(=O)[C@@H](CC)N(Cc1ccc(Cl)cc1)C(=O)CN(c1ccccc1)S(=O)(=O)N(C)C. The molecule has 180 valence electrons. The van der Waals surface area contributed by atoms with Gasteiger partial charge < -0.3 is 10.2 Å². The van der Waals surface area contributed by atoms with E-state index in [9.17, 15) is 18.0 Å². The first-order valence-electron chi connectivity index (χ1n) is 10.7. The van der Waals surface area contributed by atoms with Crippen molar-refractivity contribution in [1.29, 1.82) is 0 Å². The molecule has 0 aliphatic rings. The smallest absolute Gasteiger partial charge is 0.304 e. The Balaban J connectivity index is 2.45. The first-order chi connectivity index (χ1) is 15.6. The number of para-hydroxylation sites is 1. The molecule has 8 nitrogen and oxygen atoms in total. The maximum Gasteiger partial charge on any atom is 0.304 e. The molecule has 10 heteroatoms. The van der Waals surface area contributed by atoms with Crippen molar-refractivity contribution >= 4 is 39.3 Å². The second-order valence-electron chi connectivity index (χ2n) is 7.60. The second kappa shape index (κ2) is 12.0. The number of nitrogens with zero attached hydrogens (tertiary/aromatic N) is 3. The number of nitrogens with one attached hydrogen (secondary N) is 1. The average Bonchev–Trinajstić information content (AvgIpc) is 2.79. The van der Waals surface area contributed by atoms with Crippen molar-refractivity contribution in [1.82, 2.24) is 14.5 Å². The lowest BCUT2D eigenvalue weighted by Gasteiger charge is -2.33. The van der Waals surface area contributed by atoms with Crippen LogP contribution in [-0.4, -0.2) is 62.7 Å². The Hall–Kier alpha value is -2.62. The zero-order chi connectivity index (χ0) is 24.6. The van der Waals surface area contributed by atoms with Gasteiger partial charge in [-0.25, -0.2) is 4.31 Å². The molecule has 1 atom stereocenters. The number of halogens is 1. The van der Waals surface area contributed by atoms with Gasteiger partial charge in [0.1, 0.15) is 12.6 Å². The highest BCUT2D eigenvalue weighted by atomic mass is 35.5. The lowest BCUT2D eigenvalue weighted by Crippen LogP contribution is -2.53. The maximum atomic E-state index is 13.6. The van der Waals surface area contributed by atoms with Crippen LogP contribution in [0, 0.1) is 0 Å². The summed E-state index contributed by atoms with van der Waals surface area (Å²) in [6.07, 6.45) is 0.372. The number of hydrogen-bond donors (Lipinski definition) is 1. The number of carbonyl (C=O) groups is 2. The molecule has 2 aromatic carbocycles. The van der Waals surface area contributed by atoms with Crippen LogP contribution in [-0.2, 0) is 26.3 Å². The van der Waals surface area contributed by atoms with Crippen molar-refractivity contribution in [3.63, 3.8) is 0 Å². The van der Waals surface area contributed by atoms with Crippen molar-refractivity contribution in [2.75, 3.05) is 31.5 Å². The molecule has 0 fully saturated rings. The molecular weight excluding hydrogens is 464 g/mol.